The number of carbonyl (C=O) groups excluding carboxylic acids is 1. The van der Waals surface area contributed by atoms with Gasteiger partial charge in [0.25, 0.3) is 5.91 Å². The number of ether oxygens (including phenoxy) is 1. The van der Waals surface area contributed by atoms with Crippen molar-refractivity contribution in [2.24, 2.45) is 4.99 Å². The van der Waals surface area contributed by atoms with E-state index in [1.165, 1.54) is 11.8 Å². The van der Waals surface area contributed by atoms with Crippen LogP contribution in [0.4, 0.5) is 5.69 Å². The maximum absolute atomic E-state index is 12.9. The second kappa shape index (κ2) is 10.5. The third-order valence-electron chi connectivity index (χ3n) is 5.20. The lowest BCUT2D eigenvalue weighted by molar-refractivity contribution is -0.121. The minimum atomic E-state index is -0.0942. The molecule has 1 amide bonds. The first-order chi connectivity index (χ1) is 16.0. The van der Waals surface area contributed by atoms with Crippen molar-refractivity contribution >= 4 is 57.8 Å². The van der Waals surface area contributed by atoms with Gasteiger partial charge in [-0.25, -0.2) is 4.99 Å². The van der Waals surface area contributed by atoms with Crippen LogP contribution in [0.15, 0.2) is 76.6 Å². The number of amides is 1. The first-order valence-corrected chi connectivity index (χ1v) is 12.0. The fourth-order valence-corrected chi connectivity index (χ4v) is 4.77. The molecule has 0 N–H and O–H groups in total. The number of hydrogen-bond donors (Lipinski definition) is 0. The van der Waals surface area contributed by atoms with Gasteiger partial charge in [-0.15, -0.1) is 0 Å². The summed E-state index contributed by atoms with van der Waals surface area (Å²) in [6, 6.07) is 20.9. The zero-order chi connectivity index (χ0) is 23.4. The number of aliphatic imine (C=N–C) groups is 1. The number of rotatable bonds is 6. The highest BCUT2D eigenvalue weighted by molar-refractivity contribution is 8.18. The van der Waals surface area contributed by atoms with E-state index in [-0.39, 0.29) is 12.5 Å². The van der Waals surface area contributed by atoms with Crippen molar-refractivity contribution in [2.45, 2.75) is 20.0 Å². The molecule has 0 radical (unpaired) electrons. The van der Waals surface area contributed by atoms with Crippen molar-refractivity contribution < 1.29 is 9.53 Å². The maximum Gasteiger partial charge on any atom is 0.266 e. The number of halogens is 2. The monoisotopic (exact) mass is 496 g/mol. The van der Waals surface area contributed by atoms with Crippen LogP contribution in [0.5, 0.6) is 5.75 Å². The van der Waals surface area contributed by atoms with Crippen LogP contribution in [-0.2, 0) is 17.8 Å². The van der Waals surface area contributed by atoms with Gasteiger partial charge in [-0.2, -0.15) is 0 Å². The highest BCUT2D eigenvalue weighted by atomic mass is 35.5. The minimum Gasteiger partial charge on any atom is -0.488 e. The number of para-hydroxylation sites is 2. The zero-order valence-corrected chi connectivity index (χ0v) is 20.5. The van der Waals surface area contributed by atoms with Crippen LogP contribution >= 0.6 is 35.0 Å². The molecule has 0 bridgehead atoms. The number of hydrogen-bond acceptors (Lipinski definition) is 4. The number of thioether (sulfide) groups is 1. The number of nitrogens with zero attached hydrogens (tertiary/aromatic N) is 2. The van der Waals surface area contributed by atoms with Gasteiger partial charge in [0, 0.05) is 28.2 Å². The molecular weight excluding hydrogens is 475 g/mol. The van der Waals surface area contributed by atoms with Crippen LogP contribution in [0, 0.1) is 0 Å². The summed E-state index contributed by atoms with van der Waals surface area (Å²) in [5.74, 6) is 0.567. The molecule has 33 heavy (non-hydrogen) atoms. The Morgan fingerprint density at radius 2 is 1.79 bits per heavy atom. The van der Waals surface area contributed by atoms with Gasteiger partial charge in [-0.3, -0.25) is 9.69 Å². The molecule has 4 nitrogen and oxygen atoms in total. The molecule has 1 aliphatic rings. The molecule has 1 fully saturated rings. The van der Waals surface area contributed by atoms with E-state index in [1.807, 2.05) is 54.6 Å². The lowest BCUT2D eigenvalue weighted by Gasteiger charge is -2.11. The van der Waals surface area contributed by atoms with Gasteiger partial charge in [-0.05, 0) is 54.1 Å². The molecule has 168 valence electrons. The van der Waals surface area contributed by atoms with Crippen LogP contribution < -0.4 is 4.74 Å². The second-order valence-electron chi connectivity index (χ2n) is 7.41. The van der Waals surface area contributed by atoms with E-state index in [4.69, 9.17) is 32.9 Å². The van der Waals surface area contributed by atoms with Crippen LogP contribution in [0.25, 0.3) is 6.08 Å². The first kappa shape index (κ1) is 23.4. The van der Waals surface area contributed by atoms with Gasteiger partial charge in [0.2, 0.25) is 0 Å². The van der Waals surface area contributed by atoms with Gasteiger partial charge in [0.05, 0.1) is 10.6 Å². The SMILES string of the molecule is CCc1ccccc1N=C1S/C(=C/c2ccccc2OCc2ccc(Cl)cc2Cl)C(=O)N1C. The topological polar surface area (TPSA) is 41.9 Å². The number of aryl methyl sites for hydroxylation is 1. The number of benzene rings is 3. The first-order valence-electron chi connectivity index (χ1n) is 10.5. The lowest BCUT2D eigenvalue weighted by Crippen LogP contribution is -2.23. The molecule has 1 saturated heterocycles. The Kier molecular flexibility index (Phi) is 7.43. The Bertz CT molecular complexity index is 1260. The van der Waals surface area contributed by atoms with Crippen LogP contribution in [0.3, 0.4) is 0 Å². The quantitative estimate of drug-likeness (QED) is 0.334. The van der Waals surface area contributed by atoms with Crippen LogP contribution in [-0.4, -0.2) is 23.0 Å². The van der Waals surface area contributed by atoms with Crippen molar-refractivity contribution in [3.8, 4) is 5.75 Å². The van der Waals surface area contributed by atoms with E-state index in [0.29, 0.717) is 25.9 Å². The van der Waals surface area contributed by atoms with E-state index < -0.39 is 0 Å². The third kappa shape index (κ3) is 5.44. The molecule has 0 unspecified atom stereocenters. The molecule has 0 saturated carbocycles. The normalized spacial score (nSPS) is 16.1. The number of carbonyl (C=O) groups is 1. The van der Waals surface area contributed by atoms with Crippen molar-refractivity contribution in [1.82, 2.24) is 4.90 Å². The summed E-state index contributed by atoms with van der Waals surface area (Å²) in [7, 11) is 1.74. The Hall–Kier alpha value is -2.73. The van der Waals surface area contributed by atoms with Gasteiger partial charge < -0.3 is 4.74 Å². The molecule has 0 atom stereocenters. The van der Waals surface area contributed by atoms with Crippen molar-refractivity contribution in [2.75, 3.05) is 7.05 Å². The Labute approximate surface area is 207 Å². The zero-order valence-electron chi connectivity index (χ0n) is 18.2. The predicted octanol–water partition coefficient (Wildman–Crippen LogP) is 7.37. The summed E-state index contributed by atoms with van der Waals surface area (Å²) in [6.45, 7) is 2.38. The second-order valence-corrected chi connectivity index (χ2v) is 9.27. The van der Waals surface area contributed by atoms with Crippen molar-refractivity contribution in [1.29, 1.82) is 0 Å². The predicted molar refractivity (Wildman–Crippen MR) is 138 cm³/mol. The summed E-state index contributed by atoms with van der Waals surface area (Å²) in [4.78, 5) is 19.8. The molecule has 7 heteroatoms. The number of likely N-dealkylation sites (N-methyl/N-ethyl adjacent to an activating group) is 1. The molecule has 3 aromatic rings. The summed E-state index contributed by atoms with van der Waals surface area (Å²) in [5.41, 5.74) is 3.66. The molecule has 3 aromatic carbocycles. The molecule has 0 aromatic heterocycles. The Balaban J connectivity index is 1.58. The average Bonchev–Trinajstić information content (AvgIpc) is 3.07. The largest absolute Gasteiger partial charge is 0.488 e. The summed E-state index contributed by atoms with van der Waals surface area (Å²) in [5, 5.41) is 1.78. The fraction of sp³-hybridized carbons (Fsp3) is 0.154. The molecule has 4 rings (SSSR count). The fourth-order valence-electron chi connectivity index (χ4n) is 3.34. The molecular formula is C26H22Cl2N2O2S. The summed E-state index contributed by atoms with van der Waals surface area (Å²) < 4.78 is 6.03. The summed E-state index contributed by atoms with van der Waals surface area (Å²) in [6.07, 6.45) is 2.72. The van der Waals surface area contributed by atoms with Crippen molar-refractivity contribution in [3.63, 3.8) is 0 Å². The van der Waals surface area contributed by atoms with E-state index in [1.54, 1.807) is 24.1 Å². The van der Waals surface area contributed by atoms with E-state index >= 15 is 0 Å². The van der Waals surface area contributed by atoms with Gasteiger partial charge >= 0.3 is 0 Å². The average molecular weight is 497 g/mol. The Morgan fingerprint density at radius 3 is 2.58 bits per heavy atom. The van der Waals surface area contributed by atoms with Crippen LogP contribution in [0.2, 0.25) is 10.0 Å². The lowest BCUT2D eigenvalue weighted by atomic mass is 10.1. The van der Waals surface area contributed by atoms with E-state index in [0.717, 1.165) is 28.8 Å². The Morgan fingerprint density at radius 1 is 1.03 bits per heavy atom. The molecule has 0 aliphatic carbocycles. The van der Waals surface area contributed by atoms with Gasteiger partial charge in [0.1, 0.15) is 12.4 Å². The van der Waals surface area contributed by atoms with Gasteiger partial charge in [0.15, 0.2) is 5.17 Å². The van der Waals surface area contributed by atoms with Crippen molar-refractivity contribution in [3.05, 3.63) is 98.4 Å². The standard InChI is InChI=1S/C26H22Cl2N2O2S/c1-3-17-8-4-6-10-22(17)29-26-30(2)25(31)24(33-26)14-18-9-5-7-11-23(18)32-16-19-12-13-20(27)15-21(19)28/h4-15H,3,16H2,1-2H3/b24-14+,29-26?. The molecule has 0 spiro atoms. The van der Waals surface area contributed by atoms with E-state index in [9.17, 15) is 4.79 Å². The van der Waals surface area contributed by atoms with Gasteiger partial charge in [-0.1, -0.05) is 72.6 Å². The third-order valence-corrected chi connectivity index (χ3v) is 6.84. The smallest absolute Gasteiger partial charge is 0.266 e. The molecule has 1 aliphatic heterocycles. The highest BCUT2D eigenvalue weighted by Crippen LogP contribution is 2.35. The highest BCUT2D eigenvalue weighted by Gasteiger charge is 2.30. The summed E-state index contributed by atoms with van der Waals surface area (Å²) >= 11 is 13.6. The van der Waals surface area contributed by atoms with Crippen LogP contribution in [0.1, 0.15) is 23.6 Å². The van der Waals surface area contributed by atoms with E-state index in [2.05, 4.69) is 13.0 Å². The minimum absolute atomic E-state index is 0.0942. The molecule has 1 heterocycles. The maximum atomic E-state index is 12.9. The number of amidine groups is 1.